The lowest BCUT2D eigenvalue weighted by atomic mass is 9.75. The first-order valence-corrected chi connectivity index (χ1v) is 5.41. The summed E-state index contributed by atoms with van der Waals surface area (Å²) in [5, 5.41) is 18.7. The molecule has 4 N–H and O–H groups in total. The van der Waals surface area contributed by atoms with E-state index in [-0.39, 0.29) is 13.2 Å². The van der Waals surface area contributed by atoms with Gasteiger partial charge in [-0.2, -0.15) is 0 Å². The van der Waals surface area contributed by atoms with Crippen molar-refractivity contribution in [3.8, 4) is 5.75 Å². The SMILES string of the molecule is NCC1(C(O)C(=O)O)COc2ccccc2C1. The van der Waals surface area contributed by atoms with Crippen LogP contribution in [0.25, 0.3) is 0 Å². The number of nitrogens with two attached hydrogens (primary N) is 1. The van der Waals surface area contributed by atoms with Crippen LogP contribution in [-0.2, 0) is 11.2 Å². The lowest BCUT2D eigenvalue weighted by molar-refractivity contribution is -0.156. The number of benzene rings is 1. The van der Waals surface area contributed by atoms with Crippen LogP contribution in [0.1, 0.15) is 5.56 Å². The number of rotatable bonds is 3. The molecule has 92 valence electrons. The first-order valence-electron chi connectivity index (χ1n) is 5.41. The highest BCUT2D eigenvalue weighted by Crippen LogP contribution is 2.36. The summed E-state index contributed by atoms with van der Waals surface area (Å²) in [6, 6.07) is 7.38. The van der Waals surface area contributed by atoms with Crippen molar-refractivity contribution in [1.82, 2.24) is 0 Å². The Hall–Kier alpha value is -1.59. The summed E-state index contributed by atoms with van der Waals surface area (Å²) in [6.45, 7) is 0.183. The highest BCUT2D eigenvalue weighted by atomic mass is 16.5. The maximum atomic E-state index is 10.9. The van der Waals surface area contributed by atoms with Gasteiger partial charge in [0.2, 0.25) is 0 Å². The largest absolute Gasteiger partial charge is 0.493 e. The summed E-state index contributed by atoms with van der Waals surface area (Å²) < 4.78 is 5.50. The minimum absolute atomic E-state index is 0.0643. The zero-order chi connectivity index (χ0) is 12.5. The van der Waals surface area contributed by atoms with E-state index < -0.39 is 17.5 Å². The molecule has 0 bridgehead atoms. The summed E-state index contributed by atoms with van der Waals surface area (Å²) in [6.07, 6.45) is -1.10. The van der Waals surface area contributed by atoms with Gasteiger partial charge in [0.25, 0.3) is 0 Å². The summed E-state index contributed by atoms with van der Waals surface area (Å²) in [5.74, 6) is -0.535. The van der Waals surface area contributed by atoms with Gasteiger partial charge in [-0.05, 0) is 18.1 Å². The Kier molecular flexibility index (Phi) is 3.04. The molecule has 1 heterocycles. The van der Waals surface area contributed by atoms with Crippen LogP contribution in [0.2, 0.25) is 0 Å². The van der Waals surface area contributed by atoms with E-state index in [1.165, 1.54) is 0 Å². The molecule has 1 aromatic carbocycles. The molecule has 1 aliphatic rings. The molecule has 0 fully saturated rings. The number of ether oxygens (including phenoxy) is 1. The molecule has 1 aromatic rings. The average molecular weight is 237 g/mol. The predicted octanol–water partition coefficient (Wildman–Crippen LogP) is 0.0121. The summed E-state index contributed by atoms with van der Waals surface area (Å²) in [5.41, 5.74) is 5.57. The zero-order valence-electron chi connectivity index (χ0n) is 9.30. The van der Waals surface area contributed by atoms with Crippen LogP contribution in [0.15, 0.2) is 24.3 Å². The van der Waals surface area contributed by atoms with E-state index in [0.29, 0.717) is 6.42 Å². The van der Waals surface area contributed by atoms with Gasteiger partial charge in [-0.3, -0.25) is 0 Å². The van der Waals surface area contributed by atoms with Crippen LogP contribution in [0.4, 0.5) is 0 Å². The second-order valence-electron chi connectivity index (χ2n) is 4.38. The Morgan fingerprint density at radius 2 is 2.24 bits per heavy atom. The Morgan fingerprint density at radius 1 is 1.53 bits per heavy atom. The van der Waals surface area contributed by atoms with Crippen molar-refractivity contribution in [2.75, 3.05) is 13.2 Å². The monoisotopic (exact) mass is 237 g/mol. The van der Waals surface area contributed by atoms with Crippen molar-refractivity contribution in [3.63, 3.8) is 0 Å². The number of carboxylic acids is 1. The maximum absolute atomic E-state index is 10.9. The van der Waals surface area contributed by atoms with Gasteiger partial charge < -0.3 is 20.7 Å². The quantitative estimate of drug-likeness (QED) is 0.688. The third-order valence-corrected chi connectivity index (χ3v) is 3.25. The second kappa shape index (κ2) is 4.35. The highest BCUT2D eigenvalue weighted by Gasteiger charge is 2.44. The number of fused-ring (bicyclic) bond motifs is 1. The molecule has 2 unspecified atom stereocenters. The van der Waals surface area contributed by atoms with Crippen LogP contribution >= 0.6 is 0 Å². The van der Waals surface area contributed by atoms with Gasteiger partial charge in [-0.15, -0.1) is 0 Å². The van der Waals surface area contributed by atoms with E-state index in [0.717, 1.165) is 11.3 Å². The molecule has 0 radical (unpaired) electrons. The number of hydrogen-bond acceptors (Lipinski definition) is 4. The molecule has 2 atom stereocenters. The van der Waals surface area contributed by atoms with Crippen LogP contribution in [0.3, 0.4) is 0 Å². The van der Waals surface area contributed by atoms with Crippen LogP contribution in [0, 0.1) is 5.41 Å². The minimum atomic E-state index is -1.51. The van der Waals surface area contributed by atoms with Crippen molar-refractivity contribution in [2.45, 2.75) is 12.5 Å². The van der Waals surface area contributed by atoms with E-state index in [1.54, 1.807) is 0 Å². The molecule has 17 heavy (non-hydrogen) atoms. The second-order valence-corrected chi connectivity index (χ2v) is 4.38. The van der Waals surface area contributed by atoms with Crippen molar-refractivity contribution in [2.24, 2.45) is 11.1 Å². The topological polar surface area (TPSA) is 92.8 Å². The van der Waals surface area contributed by atoms with Crippen molar-refractivity contribution >= 4 is 5.97 Å². The lowest BCUT2D eigenvalue weighted by Gasteiger charge is -2.38. The number of para-hydroxylation sites is 1. The first kappa shape index (κ1) is 11.9. The van der Waals surface area contributed by atoms with Gasteiger partial charge in [0, 0.05) is 6.54 Å². The van der Waals surface area contributed by atoms with Gasteiger partial charge in [-0.25, -0.2) is 4.79 Å². The molecule has 0 saturated heterocycles. The molecule has 0 aliphatic carbocycles. The number of hydrogen-bond donors (Lipinski definition) is 3. The molecule has 0 spiro atoms. The fourth-order valence-electron chi connectivity index (χ4n) is 2.12. The smallest absolute Gasteiger partial charge is 0.333 e. The molecule has 2 rings (SSSR count). The van der Waals surface area contributed by atoms with Crippen molar-refractivity contribution in [3.05, 3.63) is 29.8 Å². The zero-order valence-corrected chi connectivity index (χ0v) is 9.30. The van der Waals surface area contributed by atoms with Crippen LogP contribution < -0.4 is 10.5 Å². The van der Waals surface area contributed by atoms with Gasteiger partial charge in [-0.1, -0.05) is 18.2 Å². The minimum Gasteiger partial charge on any atom is -0.493 e. The molecule has 5 nitrogen and oxygen atoms in total. The Bertz CT molecular complexity index is 434. The highest BCUT2D eigenvalue weighted by molar-refractivity contribution is 5.73. The Balaban J connectivity index is 2.32. The molecular weight excluding hydrogens is 222 g/mol. The van der Waals surface area contributed by atoms with E-state index in [1.807, 2.05) is 24.3 Å². The first-order chi connectivity index (χ1) is 8.09. The molecule has 0 aromatic heterocycles. The Labute approximate surface area is 98.8 Å². The maximum Gasteiger partial charge on any atom is 0.333 e. The predicted molar refractivity (Wildman–Crippen MR) is 60.8 cm³/mol. The van der Waals surface area contributed by atoms with Crippen LogP contribution in [-0.4, -0.2) is 35.4 Å². The van der Waals surface area contributed by atoms with E-state index in [4.69, 9.17) is 15.6 Å². The van der Waals surface area contributed by atoms with Crippen molar-refractivity contribution < 1.29 is 19.7 Å². The molecule has 1 aliphatic heterocycles. The molecular formula is C12H15NO4. The number of aliphatic hydroxyl groups excluding tert-OH is 1. The number of aliphatic hydroxyl groups is 1. The summed E-state index contributed by atoms with van der Waals surface area (Å²) >= 11 is 0. The standard InChI is InChI=1S/C12H15NO4/c13-6-12(10(14)11(15)16)5-8-3-1-2-4-9(8)17-7-12/h1-4,10,14H,5-7,13H2,(H,15,16). The molecule has 0 amide bonds. The van der Waals surface area contributed by atoms with Gasteiger partial charge in [0.15, 0.2) is 6.10 Å². The van der Waals surface area contributed by atoms with Gasteiger partial charge >= 0.3 is 5.97 Å². The van der Waals surface area contributed by atoms with Crippen LogP contribution in [0.5, 0.6) is 5.75 Å². The molecule has 0 saturated carbocycles. The van der Waals surface area contributed by atoms with Gasteiger partial charge in [0.1, 0.15) is 5.75 Å². The number of aliphatic carboxylic acids is 1. The number of carboxylic acid groups (broad SMARTS) is 1. The normalized spacial score (nSPS) is 24.6. The van der Waals surface area contributed by atoms with Gasteiger partial charge in [0.05, 0.1) is 12.0 Å². The summed E-state index contributed by atoms with van der Waals surface area (Å²) in [4.78, 5) is 10.9. The fraction of sp³-hybridized carbons (Fsp3) is 0.417. The third-order valence-electron chi connectivity index (χ3n) is 3.25. The van der Waals surface area contributed by atoms with E-state index >= 15 is 0 Å². The molecule has 5 heteroatoms. The number of carbonyl (C=O) groups is 1. The third kappa shape index (κ3) is 1.99. The lowest BCUT2D eigenvalue weighted by Crippen LogP contribution is -2.53. The van der Waals surface area contributed by atoms with Crippen molar-refractivity contribution in [1.29, 1.82) is 0 Å². The fourth-order valence-corrected chi connectivity index (χ4v) is 2.12. The van der Waals surface area contributed by atoms with E-state index in [9.17, 15) is 9.90 Å². The average Bonchev–Trinajstić information content (AvgIpc) is 2.37. The Morgan fingerprint density at radius 3 is 2.88 bits per heavy atom. The van der Waals surface area contributed by atoms with E-state index in [2.05, 4.69) is 0 Å². The summed E-state index contributed by atoms with van der Waals surface area (Å²) in [7, 11) is 0.